The second-order valence-corrected chi connectivity index (χ2v) is 4.35. The van der Waals surface area contributed by atoms with Crippen LogP contribution in [0.15, 0.2) is 12.7 Å². The Labute approximate surface area is 108 Å². The largest absolute Gasteiger partial charge is 0.465 e. The summed E-state index contributed by atoms with van der Waals surface area (Å²) in [4.78, 5) is 15.8. The van der Waals surface area contributed by atoms with Crippen LogP contribution in [0.3, 0.4) is 0 Å². The first kappa shape index (κ1) is 14.6. The minimum Gasteiger partial charge on any atom is -0.465 e. The van der Waals surface area contributed by atoms with Crippen LogP contribution in [-0.2, 0) is 16.1 Å². The van der Waals surface area contributed by atoms with Crippen molar-refractivity contribution in [2.24, 2.45) is 0 Å². The lowest BCUT2D eigenvalue weighted by Gasteiger charge is -2.28. The first-order valence-corrected chi connectivity index (χ1v) is 6.37. The van der Waals surface area contributed by atoms with Crippen LogP contribution >= 0.6 is 0 Å². The molecule has 0 aliphatic rings. The molecule has 0 aromatic carbocycles. The summed E-state index contributed by atoms with van der Waals surface area (Å²) in [6.07, 6.45) is 4.73. The van der Waals surface area contributed by atoms with Gasteiger partial charge >= 0.3 is 5.97 Å². The Morgan fingerprint density at radius 1 is 1.50 bits per heavy atom. The highest BCUT2D eigenvalue weighted by Gasteiger charge is 2.33. The summed E-state index contributed by atoms with van der Waals surface area (Å²) in [5, 5.41) is 7.24. The van der Waals surface area contributed by atoms with E-state index in [1.165, 1.54) is 6.33 Å². The van der Waals surface area contributed by atoms with E-state index in [1.54, 1.807) is 11.0 Å². The summed E-state index contributed by atoms with van der Waals surface area (Å²) in [5.74, 6) is -0.189. The average Bonchev–Trinajstić information content (AvgIpc) is 2.83. The van der Waals surface area contributed by atoms with Gasteiger partial charge in [-0.1, -0.05) is 6.92 Å². The second-order valence-electron chi connectivity index (χ2n) is 4.35. The molecule has 0 spiro atoms. The lowest BCUT2D eigenvalue weighted by atomic mass is 9.95. The molecule has 6 heteroatoms. The van der Waals surface area contributed by atoms with Crippen molar-refractivity contribution in [1.82, 2.24) is 20.1 Å². The van der Waals surface area contributed by atoms with Gasteiger partial charge in [-0.05, 0) is 33.2 Å². The predicted molar refractivity (Wildman–Crippen MR) is 68.0 cm³/mol. The van der Waals surface area contributed by atoms with Crippen molar-refractivity contribution in [2.45, 2.75) is 45.7 Å². The minimum absolute atomic E-state index is 0.189. The van der Waals surface area contributed by atoms with Crippen molar-refractivity contribution >= 4 is 5.97 Å². The number of rotatable bonds is 8. The van der Waals surface area contributed by atoms with Gasteiger partial charge in [-0.15, -0.1) is 0 Å². The van der Waals surface area contributed by atoms with Crippen molar-refractivity contribution in [3.05, 3.63) is 12.7 Å². The molecule has 1 N–H and O–H groups in total. The summed E-state index contributed by atoms with van der Waals surface area (Å²) in [6, 6.07) is 0. The van der Waals surface area contributed by atoms with Gasteiger partial charge in [0.15, 0.2) is 0 Å². The van der Waals surface area contributed by atoms with Crippen LogP contribution in [0.5, 0.6) is 0 Å². The number of ether oxygens (including phenoxy) is 1. The predicted octanol–water partition coefficient (Wildman–Crippen LogP) is 0.990. The quantitative estimate of drug-likeness (QED) is 0.701. The van der Waals surface area contributed by atoms with Crippen LogP contribution < -0.4 is 5.32 Å². The van der Waals surface area contributed by atoms with Crippen LogP contribution in [0.25, 0.3) is 0 Å². The molecule has 0 aliphatic carbocycles. The maximum Gasteiger partial charge on any atom is 0.326 e. The third kappa shape index (κ3) is 4.10. The van der Waals surface area contributed by atoms with E-state index in [1.807, 2.05) is 20.8 Å². The molecule has 0 aliphatic heterocycles. The number of likely N-dealkylation sites (N-methyl/N-ethyl adjacent to an activating group) is 1. The number of esters is 1. The number of hydrogen-bond acceptors (Lipinski definition) is 5. The van der Waals surface area contributed by atoms with Crippen molar-refractivity contribution in [1.29, 1.82) is 0 Å². The van der Waals surface area contributed by atoms with E-state index in [2.05, 4.69) is 15.4 Å². The summed E-state index contributed by atoms with van der Waals surface area (Å²) in [6.45, 7) is 7.58. The molecule has 1 unspecified atom stereocenters. The van der Waals surface area contributed by atoms with E-state index >= 15 is 0 Å². The van der Waals surface area contributed by atoms with Crippen LogP contribution in [-0.4, -0.2) is 39.4 Å². The van der Waals surface area contributed by atoms with Crippen molar-refractivity contribution in [2.75, 3.05) is 13.2 Å². The zero-order valence-electron chi connectivity index (χ0n) is 11.3. The molecule has 0 saturated carbocycles. The van der Waals surface area contributed by atoms with Gasteiger partial charge in [0, 0.05) is 6.54 Å². The fourth-order valence-corrected chi connectivity index (χ4v) is 1.89. The summed E-state index contributed by atoms with van der Waals surface area (Å²) >= 11 is 0. The van der Waals surface area contributed by atoms with E-state index in [-0.39, 0.29) is 5.97 Å². The molecular formula is C12H22N4O2. The van der Waals surface area contributed by atoms with Crippen molar-refractivity contribution < 1.29 is 9.53 Å². The van der Waals surface area contributed by atoms with E-state index in [9.17, 15) is 4.79 Å². The highest BCUT2D eigenvalue weighted by molar-refractivity contribution is 5.80. The zero-order chi connectivity index (χ0) is 13.4. The molecule has 1 rings (SSSR count). The summed E-state index contributed by atoms with van der Waals surface area (Å²) in [5.41, 5.74) is -0.620. The molecule has 1 aromatic heterocycles. The molecule has 0 saturated heterocycles. The maximum absolute atomic E-state index is 11.9. The Morgan fingerprint density at radius 2 is 2.28 bits per heavy atom. The topological polar surface area (TPSA) is 69.0 Å². The minimum atomic E-state index is -0.620. The maximum atomic E-state index is 11.9. The molecular weight excluding hydrogens is 232 g/mol. The third-order valence-electron chi connectivity index (χ3n) is 2.82. The smallest absolute Gasteiger partial charge is 0.326 e. The molecule has 1 heterocycles. The van der Waals surface area contributed by atoms with E-state index in [0.29, 0.717) is 13.0 Å². The fourth-order valence-electron chi connectivity index (χ4n) is 1.89. The van der Waals surface area contributed by atoms with E-state index < -0.39 is 5.54 Å². The first-order chi connectivity index (χ1) is 8.62. The summed E-state index contributed by atoms with van der Waals surface area (Å²) < 4.78 is 6.87. The SMILES string of the molecule is CCNC(C)(CCCn1cncn1)C(=O)OCC. The van der Waals surface area contributed by atoms with Crippen LogP contribution in [0.1, 0.15) is 33.6 Å². The number of carbonyl (C=O) groups is 1. The molecule has 0 amide bonds. The van der Waals surface area contributed by atoms with Gasteiger partial charge in [-0.3, -0.25) is 9.48 Å². The monoisotopic (exact) mass is 254 g/mol. The Bertz CT molecular complexity index is 353. The fraction of sp³-hybridized carbons (Fsp3) is 0.750. The highest BCUT2D eigenvalue weighted by atomic mass is 16.5. The lowest BCUT2D eigenvalue weighted by molar-refractivity contribution is -0.150. The molecule has 18 heavy (non-hydrogen) atoms. The van der Waals surface area contributed by atoms with Gasteiger partial charge in [0.25, 0.3) is 0 Å². The average molecular weight is 254 g/mol. The Hall–Kier alpha value is -1.43. The molecule has 0 fully saturated rings. The number of nitrogens with one attached hydrogen (secondary N) is 1. The normalized spacial score (nSPS) is 14.2. The van der Waals surface area contributed by atoms with Crippen LogP contribution in [0.4, 0.5) is 0 Å². The van der Waals surface area contributed by atoms with Crippen LogP contribution in [0, 0.1) is 0 Å². The number of carbonyl (C=O) groups excluding carboxylic acids is 1. The van der Waals surface area contributed by atoms with Gasteiger partial charge in [-0.2, -0.15) is 5.10 Å². The molecule has 1 atom stereocenters. The zero-order valence-corrected chi connectivity index (χ0v) is 11.3. The number of aromatic nitrogens is 3. The lowest BCUT2D eigenvalue weighted by Crippen LogP contribution is -2.50. The number of hydrogen-bond donors (Lipinski definition) is 1. The van der Waals surface area contributed by atoms with E-state index in [4.69, 9.17) is 4.74 Å². The molecule has 0 radical (unpaired) electrons. The molecule has 6 nitrogen and oxygen atoms in total. The van der Waals surface area contributed by atoms with Gasteiger partial charge in [-0.25, -0.2) is 4.98 Å². The summed E-state index contributed by atoms with van der Waals surface area (Å²) in [7, 11) is 0. The van der Waals surface area contributed by atoms with Crippen LogP contribution in [0.2, 0.25) is 0 Å². The second kappa shape index (κ2) is 7.10. The molecule has 1 aromatic rings. The number of aryl methyl sites for hydroxylation is 1. The number of nitrogens with zero attached hydrogens (tertiary/aromatic N) is 3. The standard InChI is InChI=1S/C12H22N4O2/c1-4-14-12(3,11(17)18-5-2)7-6-8-16-10-13-9-15-16/h9-10,14H,4-8H2,1-3H3. The van der Waals surface area contributed by atoms with E-state index in [0.717, 1.165) is 19.5 Å². The van der Waals surface area contributed by atoms with Gasteiger partial charge < -0.3 is 10.1 Å². The molecule has 102 valence electrons. The van der Waals surface area contributed by atoms with Gasteiger partial charge in [0.2, 0.25) is 0 Å². The highest BCUT2D eigenvalue weighted by Crippen LogP contribution is 2.15. The van der Waals surface area contributed by atoms with Gasteiger partial charge in [0.05, 0.1) is 6.61 Å². The van der Waals surface area contributed by atoms with Crippen molar-refractivity contribution in [3.8, 4) is 0 Å². The Morgan fingerprint density at radius 3 is 2.83 bits per heavy atom. The Balaban J connectivity index is 2.48. The Kier molecular flexibility index (Phi) is 5.77. The van der Waals surface area contributed by atoms with Gasteiger partial charge in [0.1, 0.15) is 18.2 Å². The first-order valence-electron chi connectivity index (χ1n) is 6.37. The third-order valence-corrected chi connectivity index (χ3v) is 2.82. The molecule has 0 bridgehead atoms. The van der Waals surface area contributed by atoms with Crippen molar-refractivity contribution in [3.63, 3.8) is 0 Å².